The van der Waals surface area contributed by atoms with E-state index in [1.807, 2.05) is 30.3 Å². The number of carbonyl (C=O) groups excluding carboxylic acids is 4. The molecule has 28 heavy (non-hydrogen) atoms. The van der Waals surface area contributed by atoms with Crippen LogP contribution in [0.5, 0.6) is 0 Å². The number of fused-ring (bicyclic) bond motifs is 1. The quantitative estimate of drug-likeness (QED) is 0.588. The first kappa shape index (κ1) is 19.5. The van der Waals surface area contributed by atoms with E-state index in [1.165, 1.54) is 18.2 Å². The summed E-state index contributed by atoms with van der Waals surface area (Å²) in [5, 5.41) is 0. The summed E-state index contributed by atoms with van der Waals surface area (Å²) in [5.74, 6) is -1.76. The fraction of sp³-hybridized carbons (Fsp3) is 0.273. The predicted molar refractivity (Wildman–Crippen MR) is 102 cm³/mol. The summed E-state index contributed by atoms with van der Waals surface area (Å²) in [6, 6.07) is 13.4. The van der Waals surface area contributed by atoms with Crippen LogP contribution in [0.2, 0.25) is 0 Å². The zero-order chi connectivity index (χ0) is 20.5. The Bertz CT molecular complexity index is 957. The second-order valence-electron chi connectivity index (χ2n) is 7.69. The number of rotatable bonds is 5. The Kier molecular flexibility index (Phi) is 5.14. The minimum Gasteiger partial charge on any atom is -0.454 e. The van der Waals surface area contributed by atoms with Gasteiger partial charge >= 0.3 is 5.97 Å². The average molecular weight is 379 g/mol. The van der Waals surface area contributed by atoms with Crippen molar-refractivity contribution in [1.29, 1.82) is 0 Å². The van der Waals surface area contributed by atoms with Crippen LogP contribution >= 0.6 is 0 Å². The fourth-order valence-electron chi connectivity index (χ4n) is 2.76. The topological polar surface area (TPSA) is 80.8 Å². The summed E-state index contributed by atoms with van der Waals surface area (Å²) >= 11 is 0. The number of Topliss-reactive ketones (excluding diaryl/α,β-unsaturated/α-hetero) is 1. The molecule has 0 bridgehead atoms. The fourth-order valence-corrected chi connectivity index (χ4v) is 2.76. The Hall–Kier alpha value is -3.28. The van der Waals surface area contributed by atoms with Crippen molar-refractivity contribution in [2.75, 3.05) is 6.61 Å². The van der Waals surface area contributed by atoms with Crippen LogP contribution in [0.15, 0.2) is 48.5 Å². The first-order valence-corrected chi connectivity index (χ1v) is 8.93. The summed E-state index contributed by atoms with van der Waals surface area (Å²) < 4.78 is 5.06. The number of carbonyl (C=O) groups is 4. The summed E-state index contributed by atoms with van der Waals surface area (Å²) in [7, 11) is 0. The SMILES string of the molecule is CC(C)(C)C(=O)COC(=O)c1ccc2c(c1)C(=O)N(Cc1ccccc1)C2=O. The molecule has 6 heteroatoms. The summed E-state index contributed by atoms with van der Waals surface area (Å²) in [5.41, 5.74) is 0.764. The molecule has 0 radical (unpaired) electrons. The van der Waals surface area contributed by atoms with Gasteiger partial charge in [-0.05, 0) is 23.8 Å². The van der Waals surface area contributed by atoms with Crippen molar-refractivity contribution in [3.63, 3.8) is 0 Å². The molecule has 2 aromatic carbocycles. The highest BCUT2D eigenvalue weighted by molar-refractivity contribution is 6.21. The number of esters is 1. The molecule has 0 unspecified atom stereocenters. The minimum atomic E-state index is -0.706. The third-order valence-electron chi connectivity index (χ3n) is 4.56. The first-order valence-electron chi connectivity index (χ1n) is 8.93. The smallest absolute Gasteiger partial charge is 0.338 e. The highest BCUT2D eigenvalue weighted by Crippen LogP contribution is 2.26. The van der Waals surface area contributed by atoms with Crippen LogP contribution in [-0.4, -0.2) is 35.1 Å². The van der Waals surface area contributed by atoms with Crippen molar-refractivity contribution in [1.82, 2.24) is 4.90 Å². The zero-order valence-corrected chi connectivity index (χ0v) is 16.0. The van der Waals surface area contributed by atoms with E-state index in [2.05, 4.69) is 0 Å². The van der Waals surface area contributed by atoms with Crippen molar-refractivity contribution in [3.8, 4) is 0 Å². The second kappa shape index (κ2) is 7.38. The average Bonchev–Trinajstić information content (AvgIpc) is 2.90. The van der Waals surface area contributed by atoms with E-state index in [1.54, 1.807) is 20.8 Å². The first-order chi connectivity index (χ1) is 13.2. The largest absolute Gasteiger partial charge is 0.454 e. The lowest BCUT2D eigenvalue weighted by Gasteiger charge is -2.16. The molecule has 0 aliphatic carbocycles. The Labute approximate surface area is 163 Å². The van der Waals surface area contributed by atoms with E-state index < -0.39 is 23.2 Å². The monoisotopic (exact) mass is 379 g/mol. The van der Waals surface area contributed by atoms with Crippen molar-refractivity contribution in [2.45, 2.75) is 27.3 Å². The van der Waals surface area contributed by atoms with E-state index in [0.29, 0.717) is 0 Å². The number of amides is 2. The van der Waals surface area contributed by atoms with Crippen LogP contribution in [-0.2, 0) is 16.1 Å². The molecule has 0 atom stereocenters. The molecule has 0 spiro atoms. The molecule has 0 fully saturated rings. The Morgan fingerprint density at radius 2 is 1.57 bits per heavy atom. The van der Waals surface area contributed by atoms with Crippen molar-refractivity contribution in [3.05, 3.63) is 70.8 Å². The maximum atomic E-state index is 12.7. The van der Waals surface area contributed by atoms with Gasteiger partial charge < -0.3 is 4.74 Å². The molecule has 2 aromatic rings. The van der Waals surface area contributed by atoms with Gasteiger partial charge in [0.15, 0.2) is 12.4 Å². The minimum absolute atomic E-state index is 0.128. The number of ether oxygens (including phenoxy) is 1. The number of hydrogen-bond acceptors (Lipinski definition) is 5. The summed E-state index contributed by atoms with van der Waals surface area (Å²) in [4.78, 5) is 50.6. The number of hydrogen-bond donors (Lipinski definition) is 0. The molecule has 0 N–H and O–H groups in total. The maximum absolute atomic E-state index is 12.7. The highest BCUT2D eigenvalue weighted by Gasteiger charge is 2.36. The van der Waals surface area contributed by atoms with E-state index in [0.717, 1.165) is 10.5 Å². The van der Waals surface area contributed by atoms with Crippen LogP contribution in [0.4, 0.5) is 0 Å². The van der Waals surface area contributed by atoms with E-state index in [-0.39, 0.29) is 35.6 Å². The number of nitrogens with zero attached hydrogens (tertiary/aromatic N) is 1. The van der Waals surface area contributed by atoms with Gasteiger partial charge in [-0.25, -0.2) is 4.79 Å². The van der Waals surface area contributed by atoms with Gasteiger partial charge in [0.2, 0.25) is 0 Å². The van der Waals surface area contributed by atoms with Gasteiger partial charge in [-0.2, -0.15) is 0 Å². The molecular weight excluding hydrogens is 358 g/mol. The second-order valence-corrected chi connectivity index (χ2v) is 7.69. The van der Waals surface area contributed by atoms with E-state index >= 15 is 0 Å². The molecule has 2 amide bonds. The van der Waals surface area contributed by atoms with Gasteiger partial charge in [0.25, 0.3) is 11.8 Å². The Morgan fingerprint density at radius 1 is 0.929 bits per heavy atom. The normalized spacial score (nSPS) is 13.5. The van der Waals surface area contributed by atoms with Crippen LogP contribution in [0, 0.1) is 5.41 Å². The lowest BCUT2D eigenvalue weighted by Crippen LogP contribution is -2.29. The molecule has 1 heterocycles. The van der Waals surface area contributed by atoms with Gasteiger partial charge in [0, 0.05) is 5.41 Å². The number of benzene rings is 2. The molecule has 1 aliphatic rings. The van der Waals surface area contributed by atoms with Gasteiger partial charge in [-0.15, -0.1) is 0 Å². The standard InChI is InChI=1S/C22H21NO5/c1-22(2,3)18(24)13-28-21(27)15-9-10-16-17(11-15)20(26)23(19(16)25)12-14-7-5-4-6-8-14/h4-11H,12-13H2,1-3H3. The molecule has 0 saturated carbocycles. The molecule has 3 rings (SSSR count). The lowest BCUT2D eigenvalue weighted by atomic mass is 9.91. The summed E-state index contributed by atoms with van der Waals surface area (Å²) in [6.07, 6.45) is 0. The molecule has 6 nitrogen and oxygen atoms in total. The molecule has 1 aliphatic heterocycles. The van der Waals surface area contributed by atoms with Crippen LogP contribution < -0.4 is 0 Å². The number of ketones is 1. The predicted octanol–water partition coefficient (Wildman–Crippen LogP) is 3.25. The lowest BCUT2D eigenvalue weighted by molar-refractivity contribution is -0.129. The van der Waals surface area contributed by atoms with Gasteiger partial charge in [0.1, 0.15) is 0 Å². The van der Waals surface area contributed by atoms with Crippen LogP contribution in [0.1, 0.15) is 57.4 Å². The van der Waals surface area contributed by atoms with E-state index in [9.17, 15) is 19.2 Å². The maximum Gasteiger partial charge on any atom is 0.338 e. The molecule has 0 aromatic heterocycles. The highest BCUT2D eigenvalue weighted by atomic mass is 16.5. The Balaban J connectivity index is 1.76. The van der Waals surface area contributed by atoms with Crippen molar-refractivity contribution < 1.29 is 23.9 Å². The van der Waals surface area contributed by atoms with Crippen LogP contribution in [0.3, 0.4) is 0 Å². The van der Waals surface area contributed by atoms with E-state index in [4.69, 9.17) is 4.74 Å². The zero-order valence-electron chi connectivity index (χ0n) is 16.0. The molecule has 0 saturated heterocycles. The van der Waals surface area contributed by atoms with Gasteiger partial charge in [0.05, 0.1) is 23.2 Å². The number of imide groups is 1. The van der Waals surface area contributed by atoms with Gasteiger partial charge in [-0.3, -0.25) is 19.3 Å². The third-order valence-corrected chi connectivity index (χ3v) is 4.56. The molecule has 144 valence electrons. The van der Waals surface area contributed by atoms with Crippen molar-refractivity contribution >= 4 is 23.6 Å². The Morgan fingerprint density at radius 3 is 2.21 bits per heavy atom. The van der Waals surface area contributed by atoms with Crippen molar-refractivity contribution in [2.24, 2.45) is 5.41 Å². The molecular formula is C22H21NO5. The third kappa shape index (κ3) is 3.86. The summed E-state index contributed by atoms with van der Waals surface area (Å²) in [6.45, 7) is 5.04. The van der Waals surface area contributed by atoms with Crippen LogP contribution in [0.25, 0.3) is 0 Å². The van der Waals surface area contributed by atoms with Gasteiger partial charge in [-0.1, -0.05) is 51.1 Å².